The second-order valence-corrected chi connectivity index (χ2v) is 5.74. The minimum atomic E-state index is -1.06. The van der Waals surface area contributed by atoms with Gasteiger partial charge in [0.15, 0.2) is 0 Å². The third-order valence-corrected chi connectivity index (χ3v) is 3.86. The molecule has 0 aliphatic heterocycles. The van der Waals surface area contributed by atoms with E-state index in [4.69, 9.17) is 23.2 Å². The average Bonchev–Trinajstić information content (AvgIpc) is 2.88. The van der Waals surface area contributed by atoms with Crippen molar-refractivity contribution in [1.82, 2.24) is 15.4 Å². The number of aromatic nitrogens is 3. The van der Waals surface area contributed by atoms with E-state index in [9.17, 15) is 5.11 Å². The van der Waals surface area contributed by atoms with Crippen molar-refractivity contribution in [1.29, 1.82) is 0 Å². The summed E-state index contributed by atoms with van der Waals surface area (Å²) in [5, 5.41) is 22.4. The zero-order valence-corrected chi connectivity index (χ0v) is 12.7. The molecule has 1 unspecified atom stereocenters. The van der Waals surface area contributed by atoms with Crippen molar-refractivity contribution in [2.75, 3.05) is 0 Å². The first-order valence-corrected chi connectivity index (χ1v) is 7.33. The van der Waals surface area contributed by atoms with E-state index in [0.29, 0.717) is 34.1 Å². The summed E-state index contributed by atoms with van der Waals surface area (Å²) in [6, 6.07) is 5.17. The number of nitrogens with one attached hydrogen (secondary N) is 1. The van der Waals surface area contributed by atoms with Gasteiger partial charge in [-0.05, 0) is 18.6 Å². The molecule has 0 spiro atoms. The predicted octanol–water partition coefficient (Wildman–Crippen LogP) is 3.73. The van der Waals surface area contributed by atoms with Gasteiger partial charge in [0.25, 0.3) is 0 Å². The summed E-state index contributed by atoms with van der Waals surface area (Å²) >= 11 is 12.2. The molecule has 1 atom stereocenters. The average molecular weight is 314 g/mol. The Labute approximate surface area is 128 Å². The fourth-order valence-electron chi connectivity index (χ4n) is 2.26. The minimum absolute atomic E-state index is 0.366. The van der Waals surface area contributed by atoms with E-state index in [2.05, 4.69) is 22.3 Å². The number of aromatic amines is 1. The molecule has 2 aromatic rings. The Morgan fingerprint density at radius 3 is 2.75 bits per heavy atom. The number of hydrogen-bond acceptors (Lipinski definition) is 3. The van der Waals surface area contributed by atoms with Crippen LogP contribution in [0.4, 0.5) is 0 Å². The molecule has 2 rings (SSSR count). The second-order valence-electron chi connectivity index (χ2n) is 4.90. The predicted molar refractivity (Wildman–Crippen MR) is 80.0 cm³/mol. The van der Waals surface area contributed by atoms with Gasteiger partial charge in [0.05, 0.1) is 17.5 Å². The fourth-order valence-corrected chi connectivity index (χ4v) is 2.85. The summed E-state index contributed by atoms with van der Waals surface area (Å²) in [5.74, 6) is 0. The summed E-state index contributed by atoms with van der Waals surface area (Å²) in [6.45, 7) is 2.08. The van der Waals surface area contributed by atoms with Crippen LogP contribution in [0.25, 0.3) is 0 Å². The SMILES string of the molecule is CCCCC(O)(Cc1cn[nH]n1)c1ccc(Cl)cc1Cl. The highest BCUT2D eigenvalue weighted by molar-refractivity contribution is 6.35. The first kappa shape index (κ1) is 15.3. The van der Waals surface area contributed by atoms with Crippen LogP contribution in [0.15, 0.2) is 24.4 Å². The molecule has 0 aliphatic carbocycles. The van der Waals surface area contributed by atoms with Gasteiger partial charge in [-0.15, -0.1) is 0 Å². The Hall–Kier alpha value is -1.10. The molecule has 1 aromatic heterocycles. The van der Waals surface area contributed by atoms with Crippen molar-refractivity contribution in [3.8, 4) is 0 Å². The summed E-state index contributed by atoms with van der Waals surface area (Å²) in [5.41, 5.74) is 0.323. The number of halogens is 2. The number of rotatable bonds is 6. The maximum Gasteiger partial charge on any atom is 0.0967 e. The summed E-state index contributed by atoms with van der Waals surface area (Å²) in [6.07, 6.45) is 4.48. The van der Waals surface area contributed by atoms with Gasteiger partial charge < -0.3 is 5.11 Å². The van der Waals surface area contributed by atoms with Crippen molar-refractivity contribution >= 4 is 23.2 Å². The Bertz CT molecular complexity index is 560. The largest absolute Gasteiger partial charge is 0.385 e. The minimum Gasteiger partial charge on any atom is -0.385 e. The topological polar surface area (TPSA) is 61.8 Å². The fraction of sp³-hybridized carbons (Fsp3) is 0.429. The van der Waals surface area contributed by atoms with Crippen molar-refractivity contribution in [3.63, 3.8) is 0 Å². The van der Waals surface area contributed by atoms with E-state index in [1.807, 2.05) is 0 Å². The maximum absolute atomic E-state index is 11.0. The zero-order valence-electron chi connectivity index (χ0n) is 11.2. The van der Waals surface area contributed by atoms with Crippen LogP contribution in [0, 0.1) is 0 Å². The van der Waals surface area contributed by atoms with Gasteiger partial charge in [0.1, 0.15) is 0 Å². The molecule has 2 N–H and O–H groups in total. The van der Waals surface area contributed by atoms with Crippen molar-refractivity contribution in [2.45, 2.75) is 38.2 Å². The van der Waals surface area contributed by atoms with E-state index in [-0.39, 0.29) is 0 Å². The van der Waals surface area contributed by atoms with Gasteiger partial charge in [-0.25, -0.2) is 0 Å². The van der Waals surface area contributed by atoms with E-state index in [1.54, 1.807) is 24.4 Å². The second kappa shape index (κ2) is 6.57. The highest BCUT2D eigenvalue weighted by Gasteiger charge is 2.32. The molecule has 0 saturated carbocycles. The molecular weight excluding hydrogens is 297 g/mol. The smallest absolute Gasteiger partial charge is 0.0967 e. The van der Waals surface area contributed by atoms with Crippen LogP contribution < -0.4 is 0 Å². The van der Waals surface area contributed by atoms with E-state index < -0.39 is 5.60 Å². The molecule has 108 valence electrons. The molecule has 20 heavy (non-hydrogen) atoms. The number of benzene rings is 1. The van der Waals surface area contributed by atoms with E-state index in [1.165, 1.54) is 0 Å². The highest BCUT2D eigenvalue weighted by Crippen LogP contribution is 2.36. The van der Waals surface area contributed by atoms with Gasteiger partial charge >= 0.3 is 0 Å². The third-order valence-electron chi connectivity index (χ3n) is 3.31. The molecule has 0 aliphatic rings. The first-order chi connectivity index (χ1) is 9.55. The van der Waals surface area contributed by atoms with Crippen LogP contribution in [0.2, 0.25) is 10.0 Å². The molecule has 0 bridgehead atoms. The van der Waals surface area contributed by atoms with Gasteiger partial charge in [-0.2, -0.15) is 15.4 Å². The lowest BCUT2D eigenvalue weighted by atomic mass is 9.84. The molecule has 0 saturated heterocycles. The van der Waals surface area contributed by atoms with Crippen molar-refractivity contribution < 1.29 is 5.11 Å². The Kier molecular flexibility index (Phi) is 5.02. The molecule has 1 aromatic carbocycles. The lowest BCUT2D eigenvalue weighted by Gasteiger charge is -2.29. The van der Waals surface area contributed by atoms with E-state index in [0.717, 1.165) is 12.8 Å². The molecular formula is C14H17Cl2N3O. The number of hydrogen-bond donors (Lipinski definition) is 2. The molecule has 4 nitrogen and oxygen atoms in total. The van der Waals surface area contributed by atoms with Crippen LogP contribution in [-0.4, -0.2) is 20.5 Å². The number of H-pyrrole nitrogens is 1. The summed E-state index contributed by atoms with van der Waals surface area (Å²) in [4.78, 5) is 0. The Balaban J connectivity index is 2.34. The lowest BCUT2D eigenvalue weighted by Crippen LogP contribution is -2.29. The zero-order chi connectivity index (χ0) is 14.6. The van der Waals surface area contributed by atoms with Crippen LogP contribution in [0.3, 0.4) is 0 Å². The molecule has 0 fully saturated rings. The van der Waals surface area contributed by atoms with Crippen molar-refractivity contribution in [2.24, 2.45) is 0 Å². The molecule has 1 heterocycles. The molecule has 6 heteroatoms. The highest BCUT2D eigenvalue weighted by atomic mass is 35.5. The lowest BCUT2D eigenvalue weighted by molar-refractivity contribution is 0.0245. The maximum atomic E-state index is 11.0. The van der Waals surface area contributed by atoms with E-state index >= 15 is 0 Å². The quantitative estimate of drug-likeness (QED) is 0.854. The third kappa shape index (κ3) is 3.51. The first-order valence-electron chi connectivity index (χ1n) is 6.58. The monoisotopic (exact) mass is 313 g/mol. The summed E-state index contributed by atoms with van der Waals surface area (Å²) < 4.78 is 0. The van der Waals surface area contributed by atoms with Gasteiger partial charge in [0.2, 0.25) is 0 Å². The Morgan fingerprint density at radius 2 is 2.15 bits per heavy atom. The van der Waals surface area contributed by atoms with Crippen LogP contribution in [0.1, 0.15) is 37.4 Å². The van der Waals surface area contributed by atoms with Crippen LogP contribution >= 0.6 is 23.2 Å². The van der Waals surface area contributed by atoms with Crippen molar-refractivity contribution in [3.05, 3.63) is 45.7 Å². The summed E-state index contributed by atoms with van der Waals surface area (Å²) in [7, 11) is 0. The number of nitrogens with zero attached hydrogens (tertiary/aromatic N) is 2. The standard InChI is InChI=1S/C14H17Cl2N3O/c1-2-3-6-14(20,8-11-9-17-19-18-11)12-5-4-10(15)7-13(12)16/h4-5,7,9,20H,2-3,6,8H2,1H3,(H,17,18,19). The van der Waals surface area contributed by atoms with Gasteiger partial charge in [0, 0.05) is 22.0 Å². The van der Waals surface area contributed by atoms with Crippen LogP contribution in [0.5, 0.6) is 0 Å². The van der Waals surface area contributed by atoms with Gasteiger partial charge in [-0.3, -0.25) is 0 Å². The normalized spacial score (nSPS) is 14.2. The van der Waals surface area contributed by atoms with Gasteiger partial charge in [-0.1, -0.05) is 49.0 Å². The molecule has 0 amide bonds. The molecule has 0 radical (unpaired) electrons. The van der Waals surface area contributed by atoms with Crippen LogP contribution in [-0.2, 0) is 12.0 Å². The Morgan fingerprint density at radius 1 is 1.35 bits per heavy atom. The number of aliphatic hydroxyl groups is 1. The number of unbranched alkanes of at least 4 members (excludes halogenated alkanes) is 1.